The van der Waals surface area contributed by atoms with E-state index in [0.29, 0.717) is 19.4 Å². The van der Waals surface area contributed by atoms with Gasteiger partial charge in [-0.2, -0.15) is 0 Å². The molecule has 1 rings (SSSR count). The fourth-order valence-corrected chi connectivity index (χ4v) is 4.91. The summed E-state index contributed by atoms with van der Waals surface area (Å²) in [5, 5.41) is 1.60. The molecule has 0 atom stereocenters. The first kappa shape index (κ1) is 33.2. The van der Waals surface area contributed by atoms with Gasteiger partial charge in [-0.05, 0) is 55.1 Å². The highest BCUT2D eigenvalue weighted by Crippen LogP contribution is 2.44. The molecule has 0 aliphatic rings. The number of ether oxygens (including phenoxy) is 2. The number of methoxy groups -OCH3 is 1. The molecule has 0 spiro atoms. The summed E-state index contributed by atoms with van der Waals surface area (Å²) in [5.74, 6) is 1.92. The zero-order valence-corrected chi connectivity index (χ0v) is 25.5. The largest absolute Gasteiger partial charge is 0.496 e. The van der Waals surface area contributed by atoms with Crippen molar-refractivity contribution in [2.24, 2.45) is 0 Å². The van der Waals surface area contributed by atoms with E-state index in [1.54, 1.807) is 12.2 Å². The van der Waals surface area contributed by atoms with Crippen LogP contribution in [0.2, 0.25) is 0 Å². The van der Waals surface area contributed by atoms with Crippen LogP contribution in [0.25, 0.3) is 0 Å². The number of rotatable bonds is 20. The van der Waals surface area contributed by atoms with Crippen molar-refractivity contribution in [1.82, 2.24) is 16.0 Å². The molecule has 6 heteroatoms. The minimum absolute atomic E-state index is 0.0174. The summed E-state index contributed by atoms with van der Waals surface area (Å²) in [6, 6.07) is 4.40. The Labute approximate surface area is 228 Å². The van der Waals surface area contributed by atoms with Gasteiger partial charge in [-0.25, -0.2) is 16.0 Å². The molecule has 214 valence electrons. The van der Waals surface area contributed by atoms with Gasteiger partial charge in [0.05, 0.1) is 13.7 Å². The molecule has 37 heavy (non-hydrogen) atoms. The molecule has 0 aromatic heterocycles. The normalized spacial score (nSPS) is 12.0. The molecule has 0 heterocycles. The molecule has 0 bridgehead atoms. The second-order valence-electron chi connectivity index (χ2n) is 11.5. The molecule has 0 aliphatic heterocycles. The summed E-state index contributed by atoms with van der Waals surface area (Å²) in [5.41, 5.74) is 8.80. The fraction of sp³-hybridized carbons (Fsp3) is 0.774. The van der Waals surface area contributed by atoms with Crippen molar-refractivity contribution in [3.63, 3.8) is 0 Å². The highest BCUT2D eigenvalue weighted by molar-refractivity contribution is 5.75. The Bertz CT molecular complexity index is 782. The summed E-state index contributed by atoms with van der Waals surface area (Å²) in [6.45, 7) is 19.9. The summed E-state index contributed by atoms with van der Waals surface area (Å²) >= 11 is 0. The van der Waals surface area contributed by atoms with E-state index < -0.39 is 0 Å². The van der Waals surface area contributed by atoms with Gasteiger partial charge in [0.2, 0.25) is 0 Å². The van der Waals surface area contributed by atoms with Crippen LogP contribution in [0.3, 0.4) is 0 Å². The van der Waals surface area contributed by atoms with Crippen LogP contribution < -0.4 is 20.3 Å². The van der Waals surface area contributed by atoms with Gasteiger partial charge < -0.3 is 9.47 Å². The van der Waals surface area contributed by atoms with Gasteiger partial charge in [0.25, 0.3) is 5.91 Å². The van der Waals surface area contributed by atoms with E-state index in [1.807, 2.05) is 0 Å². The molecule has 6 nitrogen and oxygen atoms in total. The number of benzene rings is 1. The first-order valence-electron chi connectivity index (χ1n) is 14.7. The van der Waals surface area contributed by atoms with Gasteiger partial charge in [0, 0.05) is 30.6 Å². The summed E-state index contributed by atoms with van der Waals surface area (Å²) in [4.78, 5) is 12.9. The second-order valence-corrected chi connectivity index (χ2v) is 11.5. The van der Waals surface area contributed by atoms with E-state index in [4.69, 9.17) is 9.47 Å². The Hall–Kier alpha value is -1.79. The first-order valence-corrected chi connectivity index (χ1v) is 14.7. The van der Waals surface area contributed by atoms with Gasteiger partial charge in [0.1, 0.15) is 11.5 Å². The molecule has 0 aliphatic carbocycles. The average molecular weight is 520 g/mol. The smallest absolute Gasteiger partial charge is 0.251 e. The SMILES string of the molecule is CCCCNN(NCCCC)C(=O)CCCOc1cc(C(C)(C)CCC)c(OC)cc1C(C)(C)CCC. The summed E-state index contributed by atoms with van der Waals surface area (Å²) in [6.07, 6.45) is 9.67. The zero-order chi connectivity index (χ0) is 27.9. The maximum absolute atomic E-state index is 12.9. The topological polar surface area (TPSA) is 62.8 Å². The Morgan fingerprint density at radius 2 is 1.27 bits per heavy atom. The molecular weight excluding hydrogens is 462 g/mol. The number of nitrogens with one attached hydrogen (secondary N) is 2. The minimum atomic E-state index is -0.0379. The Balaban J connectivity index is 3.04. The number of carbonyl (C=O) groups is 1. The molecule has 2 N–H and O–H groups in total. The number of hydrazine groups is 2. The van der Waals surface area contributed by atoms with Crippen LogP contribution in [0.1, 0.15) is 131 Å². The highest BCUT2D eigenvalue weighted by atomic mass is 16.5. The molecule has 0 fully saturated rings. The van der Waals surface area contributed by atoms with E-state index in [9.17, 15) is 4.79 Å². The van der Waals surface area contributed by atoms with Gasteiger partial charge >= 0.3 is 0 Å². The van der Waals surface area contributed by atoms with Gasteiger partial charge in [-0.15, -0.1) is 0 Å². The molecule has 0 unspecified atom stereocenters. The summed E-state index contributed by atoms with van der Waals surface area (Å²) in [7, 11) is 1.76. The standard InChI is InChI=1S/C31H57N3O3/c1-10-14-20-32-34(33-21-15-11-2)29(35)17-16-22-37-28-24-25(30(5,6)18-12-3)27(36-9)23-26(28)31(7,8)19-13-4/h23-24,32-33H,10-22H2,1-9H3. The third-order valence-corrected chi connectivity index (χ3v) is 7.15. The van der Waals surface area contributed by atoms with Crippen molar-refractivity contribution >= 4 is 5.91 Å². The van der Waals surface area contributed by atoms with Gasteiger partial charge in [-0.3, -0.25) is 4.79 Å². The quantitative estimate of drug-likeness (QED) is 0.138. The van der Waals surface area contributed by atoms with E-state index in [-0.39, 0.29) is 16.7 Å². The maximum atomic E-state index is 12.9. The van der Waals surface area contributed by atoms with Gasteiger partial charge in [0.15, 0.2) is 0 Å². The Morgan fingerprint density at radius 3 is 1.73 bits per heavy atom. The second kappa shape index (κ2) is 16.9. The van der Waals surface area contributed by atoms with Crippen molar-refractivity contribution in [3.8, 4) is 11.5 Å². The fourth-order valence-electron chi connectivity index (χ4n) is 4.91. The van der Waals surface area contributed by atoms with E-state index in [0.717, 1.165) is 76.0 Å². The first-order chi connectivity index (χ1) is 17.6. The van der Waals surface area contributed by atoms with Crippen LogP contribution in [0.15, 0.2) is 12.1 Å². The lowest BCUT2D eigenvalue weighted by Gasteiger charge is -2.32. The molecule has 1 aromatic rings. The van der Waals surface area contributed by atoms with Crippen LogP contribution in [0.4, 0.5) is 0 Å². The Morgan fingerprint density at radius 1 is 0.784 bits per heavy atom. The number of nitrogens with zero attached hydrogens (tertiary/aromatic N) is 1. The molecule has 1 amide bonds. The predicted octanol–water partition coefficient (Wildman–Crippen LogP) is 7.45. The van der Waals surface area contributed by atoms with E-state index in [2.05, 4.69) is 78.4 Å². The number of hydrogen-bond donors (Lipinski definition) is 2. The molecule has 0 radical (unpaired) electrons. The zero-order valence-electron chi connectivity index (χ0n) is 25.5. The molecular formula is C31H57N3O3. The molecule has 0 saturated heterocycles. The van der Waals surface area contributed by atoms with E-state index >= 15 is 0 Å². The van der Waals surface area contributed by atoms with Crippen LogP contribution in [0, 0.1) is 0 Å². The summed E-state index contributed by atoms with van der Waals surface area (Å²) < 4.78 is 12.3. The van der Waals surface area contributed by atoms with Crippen LogP contribution >= 0.6 is 0 Å². The van der Waals surface area contributed by atoms with Crippen LogP contribution in [-0.4, -0.2) is 37.8 Å². The lowest BCUT2D eigenvalue weighted by molar-refractivity contribution is -0.138. The molecule has 1 aromatic carbocycles. The highest BCUT2D eigenvalue weighted by Gasteiger charge is 2.30. The number of unbranched alkanes of at least 4 members (excludes halogenated alkanes) is 2. The van der Waals surface area contributed by atoms with Crippen LogP contribution in [-0.2, 0) is 15.6 Å². The van der Waals surface area contributed by atoms with E-state index in [1.165, 1.54) is 11.1 Å². The van der Waals surface area contributed by atoms with Crippen molar-refractivity contribution in [3.05, 3.63) is 23.3 Å². The monoisotopic (exact) mass is 519 g/mol. The molecule has 0 saturated carbocycles. The predicted molar refractivity (Wildman–Crippen MR) is 156 cm³/mol. The maximum Gasteiger partial charge on any atom is 0.251 e. The minimum Gasteiger partial charge on any atom is -0.496 e. The van der Waals surface area contributed by atoms with Gasteiger partial charge in [-0.1, -0.05) is 81.1 Å². The van der Waals surface area contributed by atoms with Crippen molar-refractivity contribution in [2.45, 2.75) is 130 Å². The van der Waals surface area contributed by atoms with Crippen molar-refractivity contribution in [1.29, 1.82) is 0 Å². The number of amides is 1. The number of hydrogen-bond acceptors (Lipinski definition) is 5. The lowest BCUT2D eigenvalue weighted by Crippen LogP contribution is -2.52. The van der Waals surface area contributed by atoms with Crippen LogP contribution in [0.5, 0.6) is 11.5 Å². The third-order valence-electron chi connectivity index (χ3n) is 7.15. The van der Waals surface area contributed by atoms with Crippen molar-refractivity contribution in [2.75, 3.05) is 26.8 Å². The van der Waals surface area contributed by atoms with Crippen molar-refractivity contribution < 1.29 is 14.3 Å². The third kappa shape index (κ3) is 10.8. The lowest BCUT2D eigenvalue weighted by atomic mass is 9.75. The average Bonchev–Trinajstić information content (AvgIpc) is 2.85. The number of carbonyl (C=O) groups excluding carboxylic acids is 1. The Kier molecular flexibility index (Phi) is 15.2.